The van der Waals surface area contributed by atoms with Crippen molar-refractivity contribution in [2.75, 3.05) is 45.9 Å². The van der Waals surface area contributed by atoms with Gasteiger partial charge in [0.1, 0.15) is 0 Å². The molecule has 4 unspecified atom stereocenters. The van der Waals surface area contributed by atoms with Crippen LogP contribution < -0.4 is 71.3 Å². The lowest BCUT2D eigenvalue weighted by molar-refractivity contribution is -0.118. The fourth-order valence-electron chi connectivity index (χ4n) is 10.0. The van der Waals surface area contributed by atoms with Crippen LogP contribution in [0.4, 0.5) is 0 Å². The zero-order chi connectivity index (χ0) is 26.3. The van der Waals surface area contributed by atoms with Crippen LogP contribution in [-0.4, -0.2) is 57.0 Å². The molecule has 4 fully saturated rings. The van der Waals surface area contributed by atoms with E-state index in [4.69, 9.17) is 5.73 Å². The summed E-state index contributed by atoms with van der Waals surface area (Å²) in [4.78, 5) is 0. The van der Waals surface area contributed by atoms with Gasteiger partial charge in [-0.05, 0) is 169 Å². The quantitative estimate of drug-likeness (QED) is 0.113. The van der Waals surface area contributed by atoms with Gasteiger partial charge >= 0.3 is 0 Å². The van der Waals surface area contributed by atoms with Crippen molar-refractivity contribution in [1.29, 1.82) is 0 Å². The van der Waals surface area contributed by atoms with Crippen molar-refractivity contribution in [3.8, 4) is 0 Å². The van der Waals surface area contributed by atoms with E-state index in [1.807, 2.05) is 0 Å². The topological polar surface area (TPSA) is 82.3 Å². The molecule has 0 amide bonds. The van der Waals surface area contributed by atoms with Gasteiger partial charge in [-0.15, -0.1) is 0 Å². The minimum Gasteiger partial charge on any atom is -1.00 e. The largest absolute Gasteiger partial charge is 1.00 e. The molecule has 0 aliphatic heterocycles. The third kappa shape index (κ3) is 9.97. The first-order valence-electron chi connectivity index (χ1n) is 16.4. The van der Waals surface area contributed by atoms with Crippen molar-refractivity contribution in [1.82, 2.24) is 16.0 Å². The smallest absolute Gasteiger partial charge is 0.0459 e. The van der Waals surface area contributed by atoms with Crippen molar-refractivity contribution < 1.29 is 54.7 Å². The third-order valence-corrected chi connectivity index (χ3v) is 12.2. The summed E-state index contributed by atoms with van der Waals surface area (Å²) in [5.41, 5.74) is 6.59. The molecule has 4 rings (SSSR count). The third-order valence-electron chi connectivity index (χ3n) is 12.2. The lowest BCUT2D eigenvalue weighted by Gasteiger charge is -2.61. The van der Waals surface area contributed by atoms with Crippen molar-refractivity contribution in [2.45, 2.75) is 110 Å². The highest BCUT2D eigenvalue weighted by Gasteiger charge is 2.60. The Bertz CT molecular complexity index is 694. The highest BCUT2D eigenvalue weighted by molar-refractivity contribution is 5.10. The molecule has 0 saturated heterocycles. The van der Waals surface area contributed by atoms with Crippen LogP contribution in [0, 0.1) is 46.3 Å². The highest BCUT2D eigenvalue weighted by atomic mass is 35.5. The molecule has 9 heteroatoms. The van der Waals surface area contributed by atoms with E-state index in [1.54, 1.807) is 0 Å². The van der Waals surface area contributed by atoms with E-state index in [9.17, 15) is 5.11 Å². The van der Waals surface area contributed by atoms with Gasteiger partial charge in [-0.1, -0.05) is 20.8 Å². The number of nitrogens with two attached hydrogens (primary N) is 1. The van der Waals surface area contributed by atoms with Crippen LogP contribution in [0.1, 0.15) is 104 Å². The van der Waals surface area contributed by atoms with E-state index >= 15 is 0 Å². The van der Waals surface area contributed by atoms with Gasteiger partial charge in [0.15, 0.2) is 0 Å². The van der Waals surface area contributed by atoms with Gasteiger partial charge in [-0.3, -0.25) is 0 Å². The summed E-state index contributed by atoms with van der Waals surface area (Å²) in [6, 6.07) is 0.740. The maximum Gasteiger partial charge on any atom is 0.0459 e. The molecule has 4 saturated carbocycles. The lowest BCUT2D eigenvalue weighted by Crippen LogP contribution is -3.00. The zero-order valence-electron chi connectivity index (χ0n) is 26.2. The van der Waals surface area contributed by atoms with Crippen LogP contribution in [-0.2, 0) is 0 Å². The maximum absolute atomic E-state index is 9.90. The number of hydrogen-bond donors (Lipinski definition) is 5. The Kier molecular flexibility index (Phi) is 20.6. The van der Waals surface area contributed by atoms with E-state index in [0.717, 1.165) is 74.8 Å². The Balaban J connectivity index is 0.00000400. The summed E-state index contributed by atoms with van der Waals surface area (Å²) in [5.74, 6) is 4.96. The number of fused-ring (bicyclic) bond motifs is 5. The second-order valence-corrected chi connectivity index (χ2v) is 14.2. The second-order valence-electron chi connectivity index (χ2n) is 14.2. The number of halogens is 4. The molecule has 5 nitrogen and oxygen atoms in total. The average molecular weight is 661 g/mol. The summed E-state index contributed by atoms with van der Waals surface area (Å²) >= 11 is 0. The van der Waals surface area contributed by atoms with Crippen LogP contribution in [0.3, 0.4) is 0 Å². The molecule has 9 atom stereocenters. The molecule has 248 valence electrons. The van der Waals surface area contributed by atoms with E-state index < -0.39 is 0 Å². The number of unbranched alkanes of at least 4 members (excludes halogenated alkanes) is 1. The Morgan fingerprint density at radius 1 is 0.732 bits per heavy atom. The molecule has 0 aromatic rings. The highest BCUT2D eigenvalue weighted by Crippen LogP contribution is 2.68. The van der Waals surface area contributed by atoms with E-state index in [0.29, 0.717) is 23.4 Å². The van der Waals surface area contributed by atoms with Crippen LogP contribution in [0.15, 0.2) is 0 Å². The van der Waals surface area contributed by atoms with Crippen LogP contribution in [0.2, 0.25) is 0 Å². The van der Waals surface area contributed by atoms with Crippen molar-refractivity contribution in [3.63, 3.8) is 0 Å². The molecule has 4 aliphatic carbocycles. The van der Waals surface area contributed by atoms with E-state index in [2.05, 4.69) is 36.7 Å². The number of aliphatic hydroxyl groups excluding tert-OH is 1. The lowest BCUT2D eigenvalue weighted by atomic mass is 9.44. The van der Waals surface area contributed by atoms with Crippen molar-refractivity contribution >= 4 is 0 Å². The molecule has 0 radical (unpaired) electrons. The van der Waals surface area contributed by atoms with E-state index in [-0.39, 0.29) is 49.6 Å². The zero-order valence-corrected chi connectivity index (χ0v) is 29.2. The van der Waals surface area contributed by atoms with Crippen molar-refractivity contribution in [3.05, 3.63) is 0 Å². The average Bonchev–Trinajstić information content (AvgIpc) is 3.26. The first-order valence-corrected chi connectivity index (χ1v) is 16.4. The molecular formula is C32H62Cl4N4O-4. The Morgan fingerprint density at radius 3 is 2.00 bits per heavy atom. The Labute approximate surface area is 277 Å². The van der Waals surface area contributed by atoms with Gasteiger partial charge in [-0.25, -0.2) is 0 Å². The first-order chi connectivity index (χ1) is 17.9. The number of rotatable bonds is 15. The number of nitrogens with one attached hydrogen (secondary N) is 3. The van der Waals surface area contributed by atoms with Crippen molar-refractivity contribution in [2.24, 2.45) is 52.1 Å². The summed E-state index contributed by atoms with van der Waals surface area (Å²) in [6.07, 6.45) is 17.7. The second kappa shape index (κ2) is 20.2. The summed E-state index contributed by atoms with van der Waals surface area (Å²) in [6.45, 7) is 14.4. The predicted octanol–water partition coefficient (Wildman–Crippen LogP) is -7.05. The van der Waals surface area contributed by atoms with Crippen LogP contribution in [0.25, 0.3) is 0 Å². The van der Waals surface area contributed by atoms with Gasteiger partial charge in [-0.2, -0.15) is 0 Å². The Hall–Kier alpha value is 0.960. The summed E-state index contributed by atoms with van der Waals surface area (Å²) < 4.78 is 0. The van der Waals surface area contributed by atoms with Crippen LogP contribution >= 0.6 is 0 Å². The summed E-state index contributed by atoms with van der Waals surface area (Å²) in [5, 5.41) is 21.0. The minimum atomic E-state index is 0. The fourth-order valence-corrected chi connectivity index (χ4v) is 10.0. The standard InChI is InChI=1S/C32H62N4O.4ClH/c1-24(23-37)28-10-11-29-27-9-8-25-22-26(12-14-31(25,2)30(27)13-15-32(28,29)3)36-21-7-20-35-18-5-4-17-34-19-6-16-33;;;;/h24-30,34-37H,4-23,33H2,1-3H3;4*1H/p-4/t24-,25-,26+,27?,28?,29?,30?,31+,32-;;;;/m1..../s1. The van der Waals surface area contributed by atoms with Gasteiger partial charge in [0.25, 0.3) is 0 Å². The maximum atomic E-state index is 9.90. The molecule has 0 spiro atoms. The van der Waals surface area contributed by atoms with Gasteiger partial charge < -0.3 is 76.4 Å². The molecule has 0 bridgehead atoms. The minimum absolute atomic E-state index is 0. The normalized spacial score (nSPS) is 36.2. The van der Waals surface area contributed by atoms with Gasteiger partial charge in [0, 0.05) is 12.6 Å². The molecule has 0 aromatic heterocycles. The number of hydrogen-bond acceptors (Lipinski definition) is 5. The molecule has 41 heavy (non-hydrogen) atoms. The molecule has 4 aliphatic rings. The van der Waals surface area contributed by atoms with Crippen LogP contribution in [0.5, 0.6) is 0 Å². The predicted molar refractivity (Wildman–Crippen MR) is 157 cm³/mol. The Morgan fingerprint density at radius 2 is 1.34 bits per heavy atom. The van der Waals surface area contributed by atoms with Gasteiger partial charge in [0.2, 0.25) is 0 Å². The molecule has 6 N–H and O–H groups in total. The van der Waals surface area contributed by atoms with E-state index in [1.165, 1.54) is 83.6 Å². The monoisotopic (exact) mass is 658 g/mol. The SMILES string of the molecule is C[C@H](CO)C1CCC2C3CC[C@@H]4C[C@@H](NCCCNCCCCNCCCN)CC[C@]4(C)C3CC[C@@]21C.[Cl-].[Cl-].[Cl-].[Cl-]. The fraction of sp³-hybridized carbons (Fsp3) is 1.00. The first kappa shape index (κ1) is 42.0. The molecule has 0 heterocycles. The molecular weight excluding hydrogens is 598 g/mol. The molecule has 0 aromatic carbocycles. The van der Waals surface area contributed by atoms with Gasteiger partial charge in [0.05, 0.1) is 0 Å². The number of aliphatic hydroxyl groups is 1. The summed E-state index contributed by atoms with van der Waals surface area (Å²) in [7, 11) is 0.